The molecule has 2 N–H and O–H groups in total. The first-order valence-electron chi connectivity index (χ1n) is 4.99. The molecular weight excluding hydrogens is 234 g/mol. The van der Waals surface area contributed by atoms with Crippen molar-refractivity contribution < 1.29 is 28.5 Å². The van der Waals surface area contributed by atoms with Crippen molar-refractivity contribution in [2.24, 2.45) is 0 Å². The number of carboxylic acid groups (broad SMARTS) is 1. The molecule has 2 unspecified atom stereocenters. The number of hydrogen-bond acceptors (Lipinski definition) is 3. The van der Waals surface area contributed by atoms with Crippen molar-refractivity contribution >= 4 is 5.97 Å². The van der Waals surface area contributed by atoms with Gasteiger partial charge in [0.1, 0.15) is 6.10 Å². The largest absolute Gasteiger partial charge is 0.478 e. The van der Waals surface area contributed by atoms with Crippen LogP contribution in [0.2, 0.25) is 0 Å². The molecule has 0 amide bonds. The van der Waals surface area contributed by atoms with E-state index >= 15 is 0 Å². The van der Waals surface area contributed by atoms with Crippen molar-refractivity contribution in [2.45, 2.75) is 25.6 Å². The number of benzene rings is 1. The average molecular weight is 246 g/mol. The Morgan fingerprint density at radius 1 is 1.47 bits per heavy atom. The fourth-order valence-electron chi connectivity index (χ4n) is 1.22. The Kier molecular flexibility index (Phi) is 4.39. The number of carbonyl (C=O) groups is 1. The van der Waals surface area contributed by atoms with Crippen LogP contribution >= 0.6 is 0 Å². The summed E-state index contributed by atoms with van der Waals surface area (Å²) in [7, 11) is 0. The summed E-state index contributed by atoms with van der Waals surface area (Å²) in [6.45, 7) is 1.55. The summed E-state index contributed by atoms with van der Waals surface area (Å²) in [5, 5.41) is 18.2. The number of aliphatic hydroxyl groups is 1. The van der Waals surface area contributed by atoms with Gasteiger partial charge >= 0.3 is 5.97 Å². The molecule has 0 saturated carbocycles. The van der Waals surface area contributed by atoms with Gasteiger partial charge in [-0.2, -0.15) is 4.39 Å². The van der Waals surface area contributed by atoms with Gasteiger partial charge in [-0.1, -0.05) is 13.0 Å². The number of aliphatic carboxylic acids is 1. The van der Waals surface area contributed by atoms with Gasteiger partial charge in [-0.3, -0.25) is 0 Å². The van der Waals surface area contributed by atoms with Crippen LogP contribution in [0.4, 0.5) is 8.78 Å². The molecule has 0 spiro atoms. The Bertz CT molecular complexity index is 408. The van der Waals surface area contributed by atoms with Crippen molar-refractivity contribution in [3.63, 3.8) is 0 Å². The molecule has 0 aliphatic rings. The zero-order valence-electron chi connectivity index (χ0n) is 9.06. The Morgan fingerprint density at radius 3 is 2.65 bits per heavy atom. The van der Waals surface area contributed by atoms with Crippen LogP contribution in [0.15, 0.2) is 18.2 Å². The van der Waals surface area contributed by atoms with E-state index < -0.39 is 35.6 Å². The van der Waals surface area contributed by atoms with Gasteiger partial charge in [0, 0.05) is 0 Å². The topological polar surface area (TPSA) is 66.8 Å². The van der Waals surface area contributed by atoms with Crippen LogP contribution in [0.5, 0.6) is 5.75 Å². The monoisotopic (exact) mass is 246 g/mol. The van der Waals surface area contributed by atoms with E-state index in [-0.39, 0.29) is 6.42 Å². The van der Waals surface area contributed by atoms with Crippen LogP contribution in [0.3, 0.4) is 0 Å². The fourth-order valence-corrected chi connectivity index (χ4v) is 1.22. The molecule has 1 rings (SSSR count). The maximum Gasteiger partial charge on any atom is 0.347 e. The summed E-state index contributed by atoms with van der Waals surface area (Å²) in [6, 6.07) is 3.16. The fraction of sp³-hybridized carbons (Fsp3) is 0.364. The van der Waals surface area contributed by atoms with E-state index in [1.54, 1.807) is 6.92 Å². The number of hydrogen-bond donors (Lipinski definition) is 2. The quantitative estimate of drug-likeness (QED) is 0.827. The molecule has 0 aliphatic heterocycles. The number of ether oxygens (including phenoxy) is 1. The molecular formula is C11H12F2O4. The molecule has 2 atom stereocenters. The minimum atomic E-state index is -1.63. The second-order valence-corrected chi connectivity index (χ2v) is 3.40. The smallest absolute Gasteiger partial charge is 0.347 e. The third-order valence-electron chi connectivity index (χ3n) is 2.18. The summed E-state index contributed by atoms with van der Waals surface area (Å²) >= 11 is 0. The van der Waals surface area contributed by atoms with Crippen molar-refractivity contribution in [1.29, 1.82) is 0 Å². The van der Waals surface area contributed by atoms with Gasteiger partial charge in [0.05, 0.1) is 0 Å². The molecule has 94 valence electrons. The minimum Gasteiger partial charge on any atom is -0.478 e. The van der Waals surface area contributed by atoms with Crippen LogP contribution in [0, 0.1) is 11.6 Å². The molecule has 0 radical (unpaired) electrons. The molecule has 0 fully saturated rings. The van der Waals surface area contributed by atoms with Crippen molar-refractivity contribution in [2.75, 3.05) is 0 Å². The highest BCUT2D eigenvalue weighted by atomic mass is 19.2. The van der Waals surface area contributed by atoms with Gasteiger partial charge in [-0.25, -0.2) is 9.18 Å². The number of halogens is 2. The van der Waals surface area contributed by atoms with Gasteiger partial charge in [-0.05, 0) is 18.6 Å². The van der Waals surface area contributed by atoms with E-state index in [1.807, 2.05) is 0 Å². The van der Waals surface area contributed by atoms with Crippen molar-refractivity contribution in [3.8, 4) is 5.75 Å². The Morgan fingerprint density at radius 2 is 2.12 bits per heavy atom. The van der Waals surface area contributed by atoms with Gasteiger partial charge in [0.2, 0.25) is 11.9 Å². The molecule has 4 nitrogen and oxygen atoms in total. The van der Waals surface area contributed by atoms with Crippen molar-refractivity contribution in [3.05, 3.63) is 29.8 Å². The summed E-state index contributed by atoms with van der Waals surface area (Å²) in [5.41, 5.74) is 0. The predicted octanol–water partition coefficient (Wildman–Crippen LogP) is 1.57. The first-order chi connectivity index (χ1) is 7.97. The zero-order chi connectivity index (χ0) is 13.0. The van der Waals surface area contributed by atoms with E-state index in [0.717, 1.165) is 12.1 Å². The van der Waals surface area contributed by atoms with Crippen molar-refractivity contribution in [1.82, 2.24) is 0 Å². The molecule has 0 aliphatic carbocycles. The van der Waals surface area contributed by atoms with Crippen LogP contribution in [0.1, 0.15) is 13.3 Å². The minimum absolute atomic E-state index is 0.119. The summed E-state index contributed by atoms with van der Waals surface area (Å²) < 4.78 is 30.8. The molecule has 1 aromatic carbocycles. The molecule has 0 bridgehead atoms. The standard InChI is InChI=1S/C11H12F2O4/c1-2-7(14)10(11(15)16)17-8-5-3-4-6(12)9(8)13/h3-5,7,10,14H,2H2,1H3,(H,15,16). The molecule has 0 aromatic heterocycles. The maximum atomic E-state index is 13.2. The van der Waals surface area contributed by atoms with Crippen LogP contribution in [-0.4, -0.2) is 28.4 Å². The first-order valence-corrected chi connectivity index (χ1v) is 4.99. The third-order valence-corrected chi connectivity index (χ3v) is 2.18. The third kappa shape index (κ3) is 3.13. The van der Waals surface area contributed by atoms with E-state index in [9.17, 15) is 18.7 Å². The highest BCUT2D eigenvalue weighted by Gasteiger charge is 2.28. The van der Waals surface area contributed by atoms with Gasteiger partial charge in [-0.15, -0.1) is 0 Å². The van der Waals surface area contributed by atoms with Gasteiger partial charge < -0.3 is 14.9 Å². The average Bonchev–Trinajstić information content (AvgIpc) is 2.29. The first kappa shape index (κ1) is 13.4. The number of carboxylic acids is 1. The lowest BCUT2D eigenvalue weighted by Gasteiger charge is -2.19. The van der Waals surface area contributed by atoms with Crippen LogP contribution in [-0.2, 0) is 4.79 Å². The maximum absolute atomic E-state index is 13.2. The summed E-state index contributed by atoms with van der Waals surface area (Å²) in [5.74, 6) is -4.40. The summed E-state index contributed by atoms with van der Waals surface area (Å²) in [6.07, 6.45) is -2.81. The van der Waals surface area contributed by atoms with Crippen LogP contribution in [0.25, 0.3) is 0 Å². The highest BCUT2D eigenvalue weighted by Crippen LogP contribution is 2.21. The summed E-state index contributed by atoms with van der Waals surface area (Å²) in [4.78, 5) is 10.8. The molecule has 0 heterocycles. The second kappa shape index (κ2) is 5.58. The lowest BCUT2D eigenvalue weighted by Crippen LogP contribution is -2.38. The Balaban J connectivity index is 2.94. The second-order valence-electron chi connectivity index (χ2n) is 3.40. The predicted molar refractivity (Wildman–Crippen MR) is 54.7 cm³/mol. The molecule has 1 aromatic rings. The Labute approximate surface area is 96.5 Å². The Hall–Kier alpha value is -1.69. The lowest BCUT2D eigenvalue weighted by atomic mass is 10.1. The lowest BCUT2D eigenvalue weighted by molar-refractivity contribution is -0.150. The van der Waals surface area contributed by atoms with E-state index in [2.05, 4.69) is 0 Å². The number of aliphatic hydroxyl groups excluding tert-OH is 1. The SMILES string of the molecule is CCC(O)C(Oc1cccc(F)c1F)C(=O)O. The zero-order valence-corrected chi connectivity index (χ0v) is 9.06. The molecule has 6 heteroatoms. The van der Waals surface area contributed by atoms with Gasteiger partial charge in [0.25, 0.3) is 0 Å². The molecule has 17 heavy (non-hydrogen) atoms. The van der Waals surface area contributed by atoms with E-state index in [1.165, 1.54) is 6.07 Å². The highest BCUT2D eigenvalue weighted by molar-refractivity contribution is 5.73. The number of rotatable bonds is 5. The van der Waals surface area contributed by atoms with Crippen LogP contribution < -0.4 is 4.74 Å². The van der Waals surface area contributed by atoms with E-state index in [0.29, 0.717) is 0 Å². The molecule has 0 saturated heterocycles. The normalized spacial score (nSPS) is 14.1. The van der Waals surface area contributed by atoms with E-state index in [4.69, 9.17) is 9.84 Å². The van der Waals surface area contributed by atoms with Gasteiger partial charge in [0.15, 0.2) is 11.6 Å².